The molecule has 1 heterocycles. The Kier molecular flexibility index (Phi) is 7.65. The molecule has 5 nitrogen and oxygen atoms in total. The lowest BCUT2D eigenvalue weighted by Gasteiger charge is -2.15. The fourth-order valence-electron chi connectivity index (χ4n) is 4.12. The van der Waals surface area contributed by atoms with Crippen LogP contribution in [0.1, 0.15) is 57.4 Å². The number of carbonyl (C=O) groups is 1. The predicted molar refractivity (Wildman–Crippen MR) is 136 cm³/mol. The normalized spacial score (nSPS) is 13.8. The fourth-order valence-corrected chi connectivity index (χ4v) is 4.96. The van der Waals surface area contributed by atoms with Crippen LogP contribution < -0.4 is 10.9 Å². The number of para-hydroxylation sites is 1. The molecule has 1 amide bonds. The van der Waals surface area contributed by atoms with E-state index in [0.717, 1.165) is 24.9 Å². The van der Waals surface area contributed by atoms with Gasteiger partial charge in [0.1, 0.15) is 0 Å². The van der Waals surface area contributed by atoms with E-state index in [1.54, 1.807) is 10.6 Å². The molecule has 6 heteroatoms. The Morgan fingerprint density at radius 1 is 1.12 bits per heavy atom. The number of aromatic nitrogens is 2. The Balaban J connectivity index is 1.53. The number of hydrogen-bond acceptors (Lipinski definition) is 4. The molecule has 0 bridgehead atoms. The monoisotopic (exact) mass is 461 g/mol. The van der Waals surface area contributed by atoms with Crippen molar-refractivity contribution in [1.82, 2.24) is 14.9 Å². The molecule has 4 rings (SSSR count). The van der Waals surface area contributed by atoms with Crippen LogP contribution in [0, 0.1) is 0 Å². The first kappa shape index (κ1) is 23.3. The van der Waals surface area contributed by atoms with Gasteiger partial charge < -0.3 is 5.32 Å². The highest BCUT2D eigenvalue weighted by atomic mass is 32.2. The maximum atomic E-state index is 13.4. The van der Waals surface area contributed by atoms with E-state index in [-0.39, 0.29) is 17.2 Å². The highest BCUT2D eigenvalue weighted by Gasteiger charge is 2.15. The van der Waals surface area contributed by atoms with Crippen molar-refractivity contribution in [3.63, 3.8) is 0 Å². The summed E-state index contributed by atoms with van der Waals surface area (Å²) in [6, 6.07) is 15.4. The van der Waals surface area contributed by atoms with E-state index in [1.807, 2.05) is 42.5 Å². The Morgan fingerprint density at radius 2 is 1.91 bits per heavy atom. The molecule has 0 aliphatic heterocycles. The molecule has 33 heavy (non-hydrogen) atoms. The number of benzene rings is 2. The van der Waals surface area contributed by atoms with Gasteiger partial charge >= 0.3 is 0 Å². The molecule has 1 aliphatic rings. The second-order valence-electron chi connectivity index (χ2n) is 8.80. The van der Waals surface area contributed by atoms with Gasteiger partial charge in [-0.1, -0.05) is 61.5 Å². The van der Waals surface area contributed by atoms with Gasteiger partial charge in [0.2, 0.25) is 5.91 Å². The van der Waals surface area contributed by atoms with Gasteiger partial charge in [0.25, 0.3) is 5.56 Å². The van der Waals surface area contributed by atoms with Gasteiger partial charge in [-0.3, -0.25) is 14.2 Å². The van der Waals surface area contributed by atoms with Crippen LogP contribution in [0.5, 0.6) is 0 Å². The smallest absolute Gasteiger partial charge is 0.266 e. The molecule has 0 saturated carbocycles. The van der Waals surface area contributed by atoms with E-state index in [9.17, 15) is 9.59 Å². The summed E-state index contributed by atoms with van der Waals surface area (Å²) in [7, 11) is 0. The van der Waals surface area contributed by atoms with Crippen LogP contribution in [0.25, 0.3) is 16.6 Å². The largest absolute Gasteiger partial charge is 0.355 e. The number of nitrogens with one attached hydrogen (secondary N) is 1. The molecule has 0 unspecified atom stereocenters. The predicted octanol–water partition coefficient (Wildman–Crippen LogP) is 5.61. The van der Waals surface area contributed by atoms with Crippen LogP contribution in [0.2, 0.25) is 0 Å². The van der Waals surface area contributed by atoms with E-state index in [1.165, 1.54) is 35.7 Å². The average molecular weight is 462 g/mol. The zero-order valence-electron chi connectivity index (χ0n) is 19.3. The second-order valence-corrected chi connectivity index (χ2v) is 9.74. The van der Waals surface area contributed by atoms with Crippen LogP contribution >= 0.6 is 11.8 Å². The third-order valence-electron chi connectivity index (χ3n) is 6.05. The number of fused-ring (bicyclic) bond motifs is 1. The van der Waals surface area contributed by atoms with Crippen molar-refractivity contribution in [3.05, 3.63) is 76.1 Å². The maximum Gasteiger partial charge on any atom is 0.266 e. The van der Waals surface area contributed by atoms with E-state index in [4.69, 9.17) is 4.98 Å². The number of rotatable bonds is 8. The number of hydrogen-bond donors (Lipinski definition) is 1. The van der Waals surface area contributed by atoms with Gasteiger partial charge in [0, 0.05) is 6.54 Å². The van der Waals surface area contributed by atoms with Crippen molar-refractivity contribution >= 4 is 28.6 Å². The summed E-state index contributed by atoms with van der Waals surface area (Å²) in [5, 5.41) is 4.11. The van der Waals surface area contributed by atoms with Gasteiger partial charge in [-0.2, -0.15) is 0 Å². The molecule has 0 fully saturated rings. The highest BCUT2D eigenvalue weighted by molar-refractivity contribution is 7.99. The minimum Gasteiger partial charge on any atom is -0.355 e. The maximum absolute atomic E-state index is 13.4. The minimum absolute atomic E-state index is 0.0412. The Morgan fingerprint density at radius 3 is 2.64 bits per heavy atom. The van der Waals surface area contributed by atoms with Gasteiger partial charge in [-0.05, 0) is 67.9 Å². The first-order valence-electron chi connectivity index (χ1n) is 11.7. The number of carbonyl (C=O) groups excluding carboxylic acids is 1. The molecule has 1 aromatic heterocycles. The van der Waals surface area contributed by atoms with Gasteiger partial charge in [-0.25, -0.2) is 4.98 Å². The molecular weight excluding hydrogens is 430 g/mol. The lowest BCUT2D eigenvalue weighted by Crippen LogP contribution is -2.27. The van der Waals surface area contributed by atoms with Crippen LogP contribution in [0.4, 0.5) is 0 Å². The van der Waals surface area contributed by atoms with Crippen LogP contribution in [0.3, 0.4) is 0 Å². The third kappa shape index (κ3) is 5.74. The molecular formula is C27H31N3O2S. The minimum atomic E-state index is -0.120. The molecule has 0 atom stereocenters. The van der Waals surface area contributed by atoms with Crippen LogP contribution in [0.15, 0.2) is 70.1 Å². The van der Waals surface area contributed by atoms with Gasteiger partial charge in [-0.15, -0.1) is 0 Å². The topological polar surface area (TPSA) is 64.0 Å². The average Bonchev–Trinajstić information content (AvgIpc) is 2.83. The SMILES string of the molecule is CC(C)c1ccc(-n2c(SCC(=O)NCCC3=CCCCC3)nc3ccccc3c2=O)cc1. The first-order valence-corrected chi connectivity index (χ1v) is 12.7. The number of amides is 1. The molecule has 1 N–H and O–H groups in total. The summed E-state index contributed by atoms with van der Waals surface area (Å²) in [5.41, 5.74) is 3.94. The van der Waals surface area contributed by atoms with E-state index < -0.39 is 0 Å². The fraction of sp³-hybridized carbons (Fsp3) is 0.370. The Labute approximate surface area is 199 Å². The first-order chi connectivity index (χ1) is 16.0. The number of allylic oxidation sites excluding steroid dienone is 1. The van der Waals surface area contributed by atoms with E-state index in [2.05, 4.69) is 25.2 Å². The molecule has 0 saturated heterocycles. The molecule has 172 valence electrons. The van der Waals surface area contributed by atoms with Crippen LogP contribution in [-0.2, 0) is 4.79 Å². The third-order valence-corrected chi connectivity index (χ3v) is 6.99. The van der Waals surface area contributed by atoms with Crippen molar-refractivity contribution < 1.29 is 4.79 Å². The lowest BCUT2D eigenvalue weighted by atomic mass is 9.97. The molecule has 3 aromatic rings. The van der Waals surface area contributed by atoms with Crippen molar-refractivity contribution in [3.8, 4) is 5.69 Å². The van der Waals surface area contributed by atoms with E-state index >= 15 is 0 Å². The summed E-state index contributed by atoms with van der Waals surface area (Å²) >= 11 is 1.30. The van der Waals surface area contributed by atoms with E-state index in [0.29, 0.717) is 28.5 Å². The van der Waals surface area contributed by atoms with Gasteiger partial charge in [0.15, 0.2) is 5.16 Å². The zero-order chi connectivity index (χ0) is 23.2. The molecule has 1 aliphatic carbocycles. The van der Waals surface area contributed by atoms with Crippen LogP contribution in [-0.4, -0.2) is 27.8 Å². The zero-order valence-corrected chi connectivity index (χ0v) is 20.2. The summed E-state index contributed by atoms with van der Waals surface area (Å²) in [6.07, 6.45) is 8.05. The summed E-state index contributed by atoms with van der Waals surface area (Å²) in [5.74, 6) is 0.585. The number of nitrogens with zero attached hydrogens (tertiary/aromatic N) is 2. The summed E-state index contributed by atoms with van der Waals surface area (Å²) in [4.78, 5) is 30.6. The lowest BCUT2D eigenvalue weighted by molar-refractivity contribution is -0.118. The standard InChI is InChI=1S/C27H31N3O2S/c1-19(2)21-12-14-22(15-13-21)30-26(32)23-10-6-7-11-24(23)29-27(30)33-18-25(31)28-17-16-20-8-4-3-5-9-20/h6-8,10-15,19H,3-5,9,16-18H2,1-2H3,(H,28,31). The molecule has 0 radical (unpaired) electrons. The van der Waals surface area contributed by atoms with Crippen molar-refractivity contribution in [2.75, 3.05) is 12.3 Å². The van der Waals surface area contributed by atoms with Crippen molar-refractivity contribution in [2.45, 2.75) is 57.0 Å². The van der Waals surface area contributed by atoms with Crippen molar-refractivity contribution in [1.29, 1.82) is 0 Å². The second kappa shape index (κ2) is 10.8. The Hall–Kier alpha value is -2.86. The number of thioether (sulfide) groups is 1. The molecule has 2 aromatic carbocycles. The highest BCUT2D eigenvalue weighted by Crippen LogP contribution is 2.23. The quantitative estimate of drug-likeness (QED) is 0.269. The summed E-state index contributed by atoms with van der Waals surface area (Å²) < 4.78 is 1.62. The van der Waals surface area contributed by atoms with Gasteiger partial charge in [0.05, 0.1) is 22.3 Å². The van der Waals surface area contributed by atoms with Crippen molar-refractivity contribution in [2.24, 2.45) is 0 Å². The molecule has 0 spiro atoms. The Bertz CT molecular complexity index is 1210. The summed E-state index contributed by atoms with van der Waals surface area (Å²) in [6.45, 7) is 4.94.